The van der Waals surface area contributed by atoms with Crippen LogP contribution in [0.5, 0.6) is 0 Å². The van der Waals surface area contributed by atoms with E-state index in [0.717, 1.165) is 11.5 Å². The fourth-order valence-corrected chi connectivity index (χ4v) is 1.33. The van der Waals surface area contributed by atoms with Crippen LogP contribution in [0.2, 0.25) is 0 Å². The lowest BCUT2D eigenvalue weighted by Crippen LogP contribution is -2.35. The minimum Gasteiger partial charge on any atom is -0.325 e. The van der Waals surface area contributed by atoms with Crippen molar-refractivity contribution in [1.29, 1.82) is 0 Å². The maximum absolute atomic E-state index is 5.92. The van der Waals surface area contributed by atoms with E-state index < -0.39 is 0 Å². The molecular formula is C9H13N5. The van der Waals surface area contributed by atoms with Crippen LogP contribution >= 0.6 is 0 Å². The summed E-state index contributed by atoms with van der Waals surface area (Å²) in [5.74, 6) is 0.870. The van der Waals surface area contributed by atoms with E-state index in [1.165, 1.54) is 0 Å². The lowest BCUT2D eigenvalue weighted by Gasteiger charge is -2.16. The molecular weight excluding hydrogens is 178 g/mol. The van der Waals surface area contributed by atoms with Gasteiger partial charge in [0.1, 0.15) is 5.82 Å². The molecule has 2 N–H and O–H groups in total. The standard InChI is InChI=1S/C9H13N5/c1-9(2,10)5-7-12-13-8-6-11-3-4-14(7)8/h3-4,6H,5,10H2,1-2H3. The SMILES string of the molecule is CC(C)(N)Cc1nnc2cnccn12. The van der Waals surface area contributed by atoms with E-state index in [-0.39, 0.29) is 5.54 Å². The maximum Gasteiger partial charge on any atom is 0.179 e. The first-order valence-corrected chi connectivity index (χ1v) is 4.49. The average molecular weight is 191 g/mol. The van der Waals surface area contributed by atoms with Crippen molar-refractivity contribution >= 4 is 5.65 Å². The molecule has 2 heterocycles. The summed E-state index contributed by atoms with van der Waals surface area (Å²) in [5, 5.41) is 8.07. The lowest BCUT2D eigenvalue weighted by molar-refractivity contribution is 0.500. The van der Waals surface area contributed by atoms with Crippen LogP contribution in [0.25, 0.3) is 5.65 Å². The molecule has 0 aliphatic carbocycles. The van der Waals surface area contributed by atoms with Crippen LogP contribution in [0.15, 0.2) is 18.6 Å². The number of fused-ring (bicyclic) bond motifs is 1. The lowest BCUT2D eigenvalue weighted by atomic mass is 10.0. The van der Waals surface area contributed by atoms with Crippen LogP contribution in [0, 0.1) is 0 Å². The van der Waals surface area contributed by atoms with Crippen molar-refractivity contribution in [2.75, 3.05) is 0 Å². The van der Waals surface area contributed by atoms with Crippen molar-refractivity contribution in [3.63, 3.8) is 0 Å². The van der Waals surface area contributed by atoms with Gasteiger partial charge in [0.05, 0.1) is 6.20 Å². The monoisotopic (exact) mass is 191 g/mol. The van der Waals surface area contributed by atoms with Crippen molar-refractivity contribution in [2.45, 2.75) is 25.8 Å². The van der Waals surface area contributed by atoms with Gasteiger partial charge in [-0.1, -0.05) is 0 Å². The highest BCUT2D eigenvalue weighted by Gasteiger charge is 2.15. The third-order valence-electron chi connectivity index (χ3n) is 1.90. The zero-order valence-corrected chi connectivity index (χ0v) is 8.31. The van der Waals surface area contributed by atoms with Crippen LogP contribution in [0.4, 0.5) is 0 Å². The highest BCUT2D eigenvalue weighted by molar-refractivity contribution is 5.33. The van der Waals surface area contributed by atoms with Gasteiger partial charge in [-0.2, -0.15) is 0 Å². The minimum absolute atomic E-state index is 0.272. The van der Waals surface area contributed by atoms with Gasteiger partial charge in [0.25, 0.3) is 0 Å². The van der Waals surface area contributed by atoms with Crippen LogP contribution < -0.4 is 5.73 Å². The Bertz CT molecular complexity index is 440. The highest BCUT2D eigenvalue weighted by atomic mass is 15.2. The molecule has 74 valence electrons. The highest BCUT2D eigenvalue weighted by Crippen LogP contribution is 2.08. The topological polar surface area (TPSA) is 69.1 Å². The van der Waals surface area contributed by atoms with Crippen molar-refractivity contribution < 1.29 is 0 Å². The van der Waals surface area contributed by atoms with Gasteiger partial charge < -0.3 is 5.73 Å². The Morgan fingerprint density at radius 3 is 2.93 bits per heavy atom. The molecule has 0 aliphatic rings. The second-order valence-corrected chi connectivity index (χ2v) is 4.09. The van der Waals surface area contributed by atoms with Crippen molar-refractivity contribution in [2.24, 2.45) is 5.73 Å². The van der Waals surface area contributed by atoms with Crippen molar-refractivity contribution in [3.8, 4) is 0 Å². The zero-order valence-electron chi connectivity index (χ0n) is 8.31. The molecule has 0 saturated heterocycles. The molecule has 0 bridgehead atoms. The predicted molar refractivity (Wildman–Crippen MR) is 52.8 cm³/mol. The number of rotatable bonds is 2. The van der Waals surface area contributed by atoms with E-state index >= 15 is 0 Å². The summed E-state index contributed by atoms with van der Waals surface area (Å²) in [7, 11) is 0. The Hall–Kier alpha value is -1.49. The fourth-order valence-electron chi connectivity index (χ4n) is 1.33. The van der Waals surface area contributed by atoms with Crippen LogP contribution in [-0.2, 0) is 6.42 Å². The first-order valence-electron chi connectivity index (χ1n) is 4.49. The third-order valence-corrected chi connectivity index (χ3v) is 1.90. The average Bonchev–Trinajstić information content (AvgIpc) is 2.47. The van der Waals surface area contributed by atoms with Crippen LogP contribution in [0.3, 0.4) is 0 Å². The molecule has 0 aromatic carbocycles. The van der Waals surface area contributed by atoms with E-state index in [1.807, 2.05) is 24.4 Å². The summed E-state index contributed by atoms with van der Waals surface area (Å²) in [4.78, 5) is 3.97. The number of nitrogens with two attached hydrogens (primary N) is 1. The molecule has 0 saturated carbocycles. The number of nitrogens with zero attached hydrogens (tertiary/aromatic N) is 4. The van der Waals surface area contributed by atoms with E-state index in [2.05, 4.69) is 15.2 Å². The summed E-state index contributed by atoms with van der Waals surface area (Å²) >= 11 is 0. The van der Waals surface area contributed by atoms with Gasteiger partial charge in [-0.15, -0.1) is 10.2 Å². The van der Waals surface area contributed by atoms with Gasteiger partial charge in [0.15, 0.2) is 5.65 Å². The number of hydrogen-bond donors (Lipinski definition) is 1. The molecule has 0 spiro atoms. The summed E-state index contributed by atoms with van der Waals surface area (Å²) in [6.45, 7) is 3.94. The Morgan fingerprint density at radius 2 is 2.21 bits per heavy atom. The molecule has 0 radical (unpaired) electrons. The molecule has 5 heteroatoms. The van der Waals surface area contributed by atoms with Gasteiger partial charge in [0.2, 0.25) is 0 Å². The smallest absolute Gasteiger partial charge is 0.179 e. The van der Waals surface area contributed by atoms with Gasteiger partial charge in [0, 0.05) is 24.4 Å². The maximum atomic E-state index is 5.92. The van der Waals surface area contributed by atoms with E-state index in [9.17, 15) is 0 Å². The number of hydrogen-bond acceptors (Lipinski definition) is 4. The first kappa shape index (κ1) is 9.08. The molecule has 2 rings (SSSR count). The Kier molecular flexibility index (Phi) is 1.96. The summed E-state index contributed by atoms with van der Waals surface area (Å²) in [6, 6.07) is 0. The molecule has 0 fully saturated rings. The molecule has 0 amide bonds. The van der Waals surface area contributed by atoms with E-state index in [4.69, 9.17) is 5.73 Å². The molecule has 5 nitrogen and oxygen atoms in total. The normalized spacial score (nSPS) is 12.2. The largest absolute Gasteiger partial charge is 0.325 e. The summed E-state index contributed by atoms with van der Waals surface area (Å²) in [5.41, 5.74) is 6.41. The first-order chi connectivity index (χ1) is 6.56. The Balaban J connectivity index is 2.44. The summed E-state index contributed by atoms with van der Waals surface area (Å²) in [6.07, 6.45) is 5.93. The van der Waals surface area contributed by atoms with Gasteiger partial charge in [-0.3, -0.25) is 9.38 Å². The van der Waals surface area contributed by atoms with Gasteiger partial charge >= 0.3 is 0 Å². The summed E-state index contributed by atoms with van der Waals surface area (Å²) < 4.78 is 1.90. The Morgan fingerprint density at radius 1 is 1.43 bits per heavy atom. The number of aromatic nitrogens is 4. The van der Waals surface area contributed by atoms with Crippen molar-refractivity contribution in [3.05, 3.63) is 24.4 Å². The molecule has 14 heavy (non-hydrogen) atoms. The van der Waals surface area contributed by atoms with E-state index in [0.29, 0.717) is 6.42 Å². The van der Waals surface area contributed by atoms with Crippen molar-refractivity contribution in [1.82, 2.24) is 19.6 Å². The van der Waals surface area contributed by atoms with Crippen LogP contribution in [-0.4, -0.2) is 25.1 Å². The second kappa shape index (κ2) is 3.02. The van der Waals surface area contributed by atoms with Gasteiger partial charge in [-0.05, 0) is 13.8 Å². The fraction of sp³-hybridized carbons (Fsp3) is 0.444. The quantitative estimate of drug-likeness (QED) is 0.746. The second-order valence-electron chi connectivity index (χ2n) is 4.09. The zero-order chi connectivity index (χ0) is 10.2. The molecule has 2 aromatic heterocycles. The third kappa shape index (κ3) is 1.72. The molecule has 2 aromatic rings. The molecule has 0 atom stereocenters. The van der Waals surface area contributed by atoms with E-state index in [1.54, 1.807) is 12.4 Å². The van der Waals surface area contributed by atoms with Gasteiger partial charge in [-0.25, -0.2) is 0 Å². The molecule has 0 aliphatic heterocycles. The molecule has 0 unspecified atom stereocenters. The van der Waals surface area contributed by atoms with Crippen LogP contribution in [0.1, 0.15) is 19.7 Å². The predicted octanol–water partition coefficient (Wildman–Crippen LogP) is 0.404. The minimum atomic E-state index is -0.272. The Labute approximate surface area is 82.0 Å².